The van der Waals surface area contributed by atoms with Crippen molar-refractivity contribution in [3.63, 3.8) is 0 Å². The van der Waals surface area contributed by atoms with Gasteiger partial charge in [-0.2, -0.15) is 0 Å². The van der Waals surface area contributed by atoms with E-state index >= 15 is 0 Å². The average molecular weight is 204 g/mol. The highest BCUT2D eigenvalue weighted by Gasteiger charge is 2.02. The summed E-state index contributed by atoms with van der Waals surface area (Å²) in [6, 6.07) is 6.34. The number of non-ortho nitro benzene ring substituents is 1. The van der Waals surface area contributed by atoms with Gasteiger partial charge < -0.3 is 5.32 Å². The second-order valence-electron chi connectivity index (χ2n) is 2.91. The van der Waals surface area contributed by atoms with Crippen LogP contribution in [0.2, 0.25) is 0 Å². The van der Waals surface area contributed by atoms with E-state index in [4.69, 9.17) is 0 Å². The molecule has 0 radical (unpaired) electrons. The average Bonchev–Trinajstić information content (AvgIpc) is 2.25. The molecule has 0 amide bonds. The summed E-state index contributed by atoms with van der Waals surface area (Å²) in [6.07, 6.45) is 0.771. The van der Waals surface area contributed by atoms with Crippen LogP contribution < -0.4 is 5.32 Å². The van der Waals surface area contributed by atoms with Crippen molar-refractivity contribution in [1.29, 1.82) is 0 Å². The van der Waals surface area contributed by atoms with Gasteiger partial charge in [0.2, 0.25) is 0 Å². The molecule has 0 spiro atoms. The Labute approximate surface area is 88.5 Å². The number of nitro benzene ring substituents is 1. The lowest BCUT2D eigenvalue weighted by Gasteiger charge is -2.02. The molecule has 0 aliphatic carbocycles. The van der Waals surface area contributed by atoms with Crippen molar-refractivity contribution in [2.75, 3.05) is 11.9 Å². The molecule has 0 fully saturated rings. The number of anilines is 1. The Morgan fingerprint density at radius 2 is 2.07 bits per heavy atom. The number of nitrogens with one attached hydrogen (secondary N) is 1. The van der Waals surface area contributed by atoms with Gasteiger partial charge in [0.1, 0.15) is 0 Å². The first-order valence-corrected chi connectivity index (χ1v) is 4.62. The first-order valence-electron chi connectivity index (χ1n) is 4.62. The van der Waals surface area contributed by atoms with Crippen molar-refractivity contribution in [2.24, 2.45) is 0 Å². The molecule has 0 saturated heterocycles. The highest BCUT2D eigenvalue weighted by Crippen LogP contribution is 2.14. The van der Waals surface area contributed by atoms with Gasteiger partial charge in [-0.1, -0.05) is 0 Å². The van der Waals surface area contributed by atoms with Crippen LogP contribution in [-0.4, -0.2) is 11.5 Å². The van der Waals surface area contributed by atoms with Gasteiger partial charge >= 0.3 is 0 Å². The van der Waals surface area contributed by atoms with Crippen molar-refractivity contribution in [2.45, 2.75) is 13.3 Å². The predicted molar refractivity (Wildman–Crippen MR) is 59.7 cm³/mol. The fraction of sp³-hybridized carbons (Fsp3) is 0.273. The van der Waals surface area contributed by atoms with E-state index < -0.39 is 4.92 Å². The molecule has 15 heavy (non-hydrogen) atoms. The third-order valence-corrected chi connectivity index (χ3v) is 1.83. The number of hydrogen-bond donors (Lipinski definition) is 1. The molecule has 0 aromatic heterocycles. The minimum atomic E-state index is -0.410. The molecule has 1 aromatic rings. The third-order valence-electron chi connectivity index (χ3n) is 1.83. The SMILES string of the molecule is CC#CCCNc1ccc([N+](=O)[O-])cc1. The van der Waals surface area contributed by atoms with E-state index in [1.807, 2.05) is 0 Å². The number of hydrogen-bond acceptors (Lipinski definition) is 3. The summed E-state index contributed by atoms with van der Waals surface area (Å²) in [5.74, 6) is 5.73. The van der Waals surface area contributed by atoms with Crippen molar-refractivity contribution in [3.05, 3.63) is 34.4 Å². The molecule has 0 aliphatic rings. The number of rotatable bonds is 4. The Hall–Kier alpha value is -2.02. The molecular weight excluding hydrogens is 192 g/mol. The highest BCUT2D eigenvalue weighted by molar-refractivity contribution is 5.48. The summed E-state index contributed by atoms with van der Waals surface area (Å²) in [5.41, 5.74) is 0.979. The molecule has 0 heterocycles. The van der Waals surface area contributed by atoms with Crippen LogP contribution in [0.1, 0.15) is 13.3 Å². The molecular formula is C11H12N2O2. The molecule has 1 aromatic carbocycles. The summed E-state index contributed by atoms with van der Waals surface area (Å²) >= 11 is 0. The van der Waals surface area contributed by atoms with E-state index in [1.54, 1.807) is 19.1 Å². The lowest BCUT2D eigenvalue weighted by atomic mass is 10.3. The van der Waals surface area contributed by atoms with E-state index in [0.29, 0.717) is 0 Å². The molecule has 0 unspecified atom stereocenters. The monoisotopic (exact) mass is 204 g/mol. The Morgan fingerprint density at radius 3 is 2.60 bits per heavy atom. The summed E-state index contributed by atoms with van der Waals surface area (Å²) in [5, 5.41) is 13.5. The minimum Gasteiger partial charge on any atom is -0.384 e. The maximum atomic E-state index is 10.4. The van der Waals surface area contributed by atoms with E-state index in [-0.39, 0.29) is 5.69 Å². The van der Waals surface area contributed by atoms with Crippen molar-refractivity contribution < 1.29 is 4.92 Å². The van der Waals surface area contributed by atoms with Crippen molar-refractivity contribution in [3.8, 4) is 11.8 Å². The van der Waals surface area contributed by atoms with Crippen LogP contribution in [0.15, 0.2) is 24.3 Å². The summed E-state index contributed by atoms with van der Waals surface area (Å²) in [6.45, 7) is 2.55. The second kappa shape index (κ2) is 5.66. The van der Waals surface area contributed by atoms with Gasteiger partial charge in [0.05, 0.1) is 4.92 Å². The fourth-order valence-electron chi connectivity index (χ4n) is 1.10. The van der Waals surface area contributed by atoms with Crippen LogP contribution in [-0.2, 0) is 0 Å². The predicted octanol–water partition coefficient (Wildman–Crippen LogP) is 2.42. The Kier molecular flexibility index (Phi) is 4.17. The topological polar surface area (TPSA) is 55.2 Å². The van der Waals surface area contributed by atoms with Crippen molar-refractivity contribution >= 4 is 11.4 Å². The highest BCUT2D eigenvalue weighted by atomic mass is 16.6. The van der Waals surface area contributed by atoms with Crippen LogP contribution in [0.5, 0.6) is 0 Å². The van der Waals surface area contributed by atoms with E-state index in [9.17, 15) is 10.1 Å². The first kappa shape index (κ1) is 11.1. The van der Waals surface area contributed by atoms with E-state index in [0.717, 1.165) is 18.7 Å². The van der Waals surface area contributed by atoms with Crippen LogP contribution in [0.3, 0.4) is 0 Å². The lowest BCUT2D eigenvalue weighted by Crippen LogP contribution is -2.00. The van der Waals surface area contributed by atoms with Gasteiger partial charge in [-0.15, -0.1) is 11.8 Å². The summed E-state index contributed by atoms with van der Waals surface area (Å²) in [4.78, 5) is 9.97. The van der Waals surface area contributed by atoms with Gasteiger partial charge in [0.25, 0.3) is 5.69 Å². The Morgan fingerprint density at radius 1 is 1.40 bits per heavy atom. The van der Waals surface area contributed by atoms with Crippen molar-refractivity contribution in [1.82, 2.24) is 0 Å². The summed E-state index contributed by atoms with van der Waals surface area (Å²) in [7, 11) is 0. The minimum absolute atomic E-state index is 0.105. The maximum Gasteiger partial charge on any atom is 0.269 e. The largest absolute Gasteiger partial charge is 0.384 e. The number of benzene rings is 1. The van der Waals surface area contributed by atoms with Gasteiger partial charge in [0, 0.05) is 30.8 Å². The standard InChI is InChI=1S/C11H12N2O2/c1-2-3-4-9-12-10-5-7-11(8-6-10)13(14)15/h5-8,12H,4,9H2,1H3. The smallest absolute Gasteiger partial charge is 0.269 e. The van der Waals surface area contributed by atoms with E-state index in [1.165, 1.54) is 12.1 Å². The van der Waals surface area contributed by atoms with Crippen LogP contribution in [0.25, 0.3) is 0 Å². The summed E-state index contributed by atoms with van der Waals surface area (Å²) < 4.78 is 0. The third kappa shape index (κ3) is 3.69. The molecule has 0 aliphatic heterocycles. The first-order chi connectivity index (χ1) is 7.24. The molecule has 4 nitrogen and oxygen atoms in total. The Bertz CT molecular complexity index is 387. The van der Waals surface area contributed by atoms with E-state index in [2.05, 4.69) is 17.2 Å². The molecule has 1 N–H and O–H groups in total. The van der Waals surface area contributed by atoms with Gasteiger partial charge in [-0.05, 0) is 19.1 Å². The van der Waals surface area contributed by atoms with Crippen LogP contribution in [0.4, 0.5) is 11.4 Å². The zero-order valence-corrected chi connectivity index (χ0v) is 8.49. The number of nitro groups is 1. The lowest BCUT2D eigenvalue weighted by molar-refractivity contribution is -0.384. The molecule has 0 atom stereocenters. The van der Waals surface area contributed by atoms with Gasteiger partial charge in [-0.3, -0.25) is 10.1 Å². The molecule has 0 saturated carbocycles. The zero-order chi connectivity index (χ0) is 11.1. The van der Waals surface area contributed by atoms with Crippen LogP contribution >= 0.6 is 0 Å². The second-order valence-corrected chi connectivity index (χ2v) is 2.91. The quantitative estimate of drug-likeness (QED) is 0.354. The normalized spacial score (nSPS) is 8.87. The van der Waals surface area contributed by atoms with Gasteiger partial charge in [-0.25, -0.2) is 0 Å². The maximum absolute atomic E-state index is 10.4. The van der Waals surface area contributed by atoms with Gasteiger partial charge in [0.15, 0.2) is 0 Å². The Balaban J connectivity index is 2.48. The molecule has 0 bridgehead atoms. The zero-order valence-electron chi connectivity index (χ0n) is 8.49. The fourth-order valence-corrected chi connectivity index (χ4v) is 1.10. The molecule has 78 valence electrons. The molecule has 4 heteroatoms. The number of nitrogens with zero attached hydrogens (tertiary/aromatic N) is 1. The molecule has 1 rings (SSSR count). The van der Waals surface area contributed by atoms with Crippen LogP contribution in [0, 0.1) is 22.0 Å².